The molecule has 3 aromatic rings. The Morgan fingerprint density at radius 2 is 2.12 bits per heavy atom. The van der Waals surface area contributed by atoms with Gasteiger partial charge in [0, 0.05) is 17.3 Å². The van der Waals surface area contributed by atoms with Gasteiger partial charge >= 0.3 is 0 Å². The molecule has 1 aliphatic carbocycles. The first-order valence-corrected chi connectivity index (χ1v) is 8.25. The van der Waals surface area contributed by atoms with Crippen LogP contribution in [0.5, 0.6) is 0 Å². The van der Waals surface area contributed by atoms with E-state index in [9.17, 15) is 9.59 Å². The number of halogens is 2. The van der Waals surface area contributed by atoms with Crippen LogP contribution in [0.4, 0.5) is 0 Å². The minimum absolute atomic E-state index is 0. The standard InChI is InChI=1S/C17H16ClN3O3.ClH/c1-8-13-15(20-24-8)14-11(18)3-2-4-12(14)21(17(13)23)10-6-5-9(7-10)16(19)22;/h2-4,9-10H,5-7H2,1H3,(H2,19,22);1H. The molecule has 2 atom stereocenters. The number of fused-ring (bicyclic) bond motifs is 3. The van der Waals surface area contributed by atoms with E-state index in [1.807, 2.05) is 6.07 Å². The molecule has 0 spiro atoms. The number of carbonyl (C=O) groups excluding carboxylic acids is 1. The van der Waals surface area contributed by atoms with Gasteiger partial charge in [0.2, 0.25) is 5.91 Å². The molecule has 1 aromatic carbocycles. The molecule has 0 saturated heterocycles. The molecule has 0 aliphatic heterocycles. The van der Waals surface area contributed by atoms with Gasteiger partial charge in [-0.25, -0.2) is 0 Å². The van der Waals surface area contributed by atoms with Crippen LogP contribution in [0.3, 0.4) is 0 Å². The molecule has 0 bridgehead atoms. The molecule has 2 aromatic heterocycles. The lowest BCUT2D eigenvalue weighted by Crippen LogP contribution is -2.26. The molecule has 8 heteroatoms. The van der Waals surface area contributed by atoms with E-state index in [1.165, 1.54) is 0 Å². The molecule has 1 saturated carbocycles. The molecule has 2 unspecified atom stereocenters. The van der Waals surface area contributed by atoms with Gasteiger partial charge in [-0.3, -0.25) is 9.59 Å². The van der Waals surface area contributed by atoms with E-state index >= 15 is 0 Å². The summed E-state index contributed by atoms with van der Waals surface area (Å²) in [7, 11) is 0. The van der Waals surface area contributed by atoms with Gasteiger partial charge < -0.3 is 14.8 Å². The van der Waals surface area contributed by atoms with Crippen LogP contribution in [0.2, 0.25) is 5.02 Å². The van der Waals surface area contributed by atoms with Gasteiger partial charge in [-0.05, 0) is 38.3 Å². The molecule has 25 heavy (non-hydrogen) atoms. The van der Waals surface area contributed by atoms with E-state index in [4.69, 9.17) is 21.9 Å². The van der Waals surface area contributed by atoms with Crippen LogP contribution in [0, 0.1) is 12.8 Å². The minimum Gasteiger partial charge on any atom is -0.369 e. The van der Waals surface area contributed by atoms with Crippen molar-refractivity contribution in [1.82, 2.24) is 9.72 Å². The van der Waals surface area contributed by atoms with Gasteiger partial charge in [0.25, 0.3) is 5.56 Å². The molecule has 1 fully saturated rings. The Bertz CT molecular complexity index is 1040. The summed E-state index contributed by atoms with van der Waals surface area (Å²) < 4.78 is 6.97. The van der Waals surface area contributed by atoms with Crippen LogP contribution in [0.1, 0.15) is 31.1 Å². The van der Waals surface area contributed by atoms with Crippen molar-refractivity contribution in [3.05, 3.63) is 39.3 Å². The zero-order valence-corrected chi connectivity index (χ0v) is 15.1. The lowest BCUT2D eigenvalue weighted by molar-refractivity contribution is -0.121. The third-order valence-electron chi connectivity index (χ3n) is 4.96. The van der Waals surface area contributed by atoms with Crippen molar-refractivity contribution >= 4 is 51.7 Å². The number of carbonyl (C=O) groups is 1. The fraction of sp³-hybridized carbons (Fsp3) is 0.353. The van der Waals surface area contributed by atoms with Gasteiger partial charge in [-0.15, -0.1) is 12.4 Å². The van der Waals surface area contributed by atoms with Crippen molar-refractivity contribution in [1.29, 1.82) is 0 Å². The second kappa shape index (κ2) is 6.35. The second-order valence-corrected chi connectivity index (χ2v) is 6.74. The number of benzene rings is 1. The number of nitrogens with zero attached hydrogens (tertiary/aromatic N) is 2. The maximum atomic E-state index is 13.1. The summed E-state index contributed by atoms with van der Waals surface area (Å²) in [5.41, 5.74) is 6.48. The Kier molecular flexibility index (Phi) is 4.51. The monoisotopic (exact) mass is 381 g/mol. The van der Waals surface area contributed by atoms with E-state index in [-0.39, 0.29) is 35.8 Å². The summed E-state index contributed by atoms with van der Waals surface area (Å²) in [6.45, 7) is 1.71. The quantitative estimate of drug-likeness (QED) is 0.736. The molecule has 132 valence electrons. The van der Waals surface area contributed by atoms with E-state index in [1.54, 1.807) is 23.6 Å². The summed E-state index contributed by atoms with van der Waals surface area (Å²) in [6, 6.07) is 5.33. The van der Waals surface area contributed by atoms with E-state index < -0.39 is 0 Å². The zero-order valence-electron chi connectivity index (χ0n) is 13.5. The predicted octanol–water partition coefficient (Wildman–Crippen LogP) is 3.35. The summed E-state index contributed by atoms with van der Waals surface area (Å²) in [6.07, 6.45) is 1.98. The number of aryl methyl sites for hydroxylation is 1. The SMILES string of the molecule is Cc1onc2c1c(=O)n(C1CCC(C(N)=O)C1)c1cccc(Cl)c21.Cl. The largest absolute Gasteiger partial charge is 0.369 e. The normalized spacial score (nSPS) is 20.1. The molecular weight excluding hydrogens is 365 g/mol. The van der Waals surface area contributed by atoms with Crippen LogP contribution >= 0.6 is 24.0 Å². The van der Waals surface area contributed by atoms with Crippen LogP contribution in [0.25, 0.3) is 21.8 Å². The fourth-order valence-electron chi connectivity index (χ4n) is 3.79. The lowest BCUT2D eigenvalue weighted by Gasteiger charge is -2.18. The average Bonchev–Trinajstić information content (AvgIpc) is 3.15. The number of primary amides is 1. The topological polar surface area (TPSA) is 91.1 Å². The third-order valence-corrected chi connectivity index (χ3v) is 5.27. The highest BCUT2D eigenvalue weighted by Crippen LogP contribution is 2.38. The van der Waals surface area contributed by atoms with Crippen molar-refractivity contribution in [2.75, 3.05) is 0 Å². The molecular formula is C17H17Cl2N3O3. The van der Waals surface area contributed by atoms with Crippen LogP contribution in [0.15, 0.2) is 27.5 Å². The minimum atomic E-state index is -0.310. The van der Waals surface area contributed by atoms with Crippen molar-refractivity contribution < 1.29 is 9.32 Å². The fourth-order valence-corrected chi connectivity index (χ4v) is 4.04. The van der Waals surface area contributed by atoms with Crippen molar-refractivity contribution in [2.45, 2.75) is 32.2 Å². The maximum Gasteiger partial charge on any atom is 0.264 e. The number of amides is 1. The van der Waals surface area contributed by atoms with Gasteiger partial charge in [0.05, 0.1) is 10.5 Å². The van der Waals surface area contributed by atoms with Crippen molar-refractivity contribution in [2.24, 2.45) is 11.7 Å². The van der Waals surface area contributed by atoms with Gasteiger partial charge in [-0.2, -0.15) is 0 Å². The molecule has 2 N–H and O–H groups in total. The Morgan fingerprint density at radius 1 is 1.36 bits per heavy atom. The Hall–Kier alpha value is -2.05. The Balaban J connectivity index is 0.00000182. The predicted molar refractivity (Wildman–Crippen MR) is 98.3 cm³/mol. The first kappa shape index (κ1) is 17.8. The zero-order chi connectivity index (χ0) is 17.0. The van der Waals surface area contributed by atoms with Gasteiger partial charge in [0.1, 0.15) is 16.7 Å². The average molecular weight is 382 g/mol. The molecule has 1 amide bonds. The second-order valence-electron chi connectivity index (χ2n) is 6.34. The lowest BCUT2D eigenvalue weighted by atomic mass is 10.1. The highest BCUT2D eigenvalue weighted by Gasteiger charge is 2.32. The van der Waals surface area contributed by atoms with Crippen LogP contribution in [-0.4, -0.2) is 15.6 Å². The molecule has 4 rings (SSSR count). The number of rotatable bonds is 2. The van der Waals surface area contributed by atoms with E-state index in [0.717, 1.165) is 6.42 Å². The van der Waals surface area contributed by atoms with Gasteiger partial charge in [0.15, 0.2) is 0 Å². The highest BCUT2D eigenvalue weighted by molar-refractivity contribution is 6.37. The summed E-state index contributed by atoms with van der Waals surface area (Å²) in [4.78, 5) is 24.6. The third kappa shape index (κ3) is 2.60. The maximum absolute atomic E-state index is 13.1. The first-order chi connectivity index (χ1) is 11.5. The van der Waals surface area contributed by atoms with E-state index in [0.29, 0.717) is 45.4 Å². The summed E-state index contributed by atoms with van der Waals surface area (Å²) in [5, 5.41) is 5.69. The number of aromatic nitrogens is 2. The first-order valence-electron chi connectivity index (χ1n) is 7.87. The number of pyridine rings is 1. The molecule has 6 nitrogen and oxygen atoms in total. The van der Waals surface area contributed by atoms with Gasteiger partial charge in [-0.1, -0.05) is 22.8 Å². The Morgan fingerprint density at radius 3 is 2.80 bits per heavy atom. The van der Waals surface area contributed by atoms with Crippen molar-refractivity contribution in [3.63, 3.8) is 0 Å². The molecule has 1 aliphatic rings. The van der Waals surface area contributed by atoms with E-state index in [2.05, 4.69) is 5.16 Å². The molecule has 2 heterocycles. The number of nitrogens with two attached hydrogens (primary N) is 1. The molecule has 0 radical (unpaired) electrons. The summed E-state index contributed by atoms with van der Waals surface area (Å²) >= 11 is 6.38. The van der Waals surface area contributed by atoms with Crippen molar-refractivity contribution in [3.8, 4) is 0 Å². The van der Waals surface area contributed by atoms with Crippen LogP contribution in [-0.2, 0) is 4.79 Å². The smallest absolute Gasteiger partial charge is 0.264 e. The Labute approximate surface area is 154 Å². The van der Waals surface area contributed by atoms with Crippen LogP contribution < -0.4 is 11.3 Å². The number of hydrogen-bond donors (Lipinski definition) is 1. The highest BCUT2D eigenvalue weighted by atomic mass is 35.5. The summed E-state index contributed by atoms with van der Waals surface area (Å²) in [5.74, 6) is -0.0412. The number of hydrogen-bond acceptors (Lipinski definition) is 4.